The van der Waals surface area contributed by atoms with Crippen LogP contribution in [0.4, 0.5) is 5.69 Å². The van der Waals surface area contributed by atoms with Crippen LogP contribution in [0.15, 0.2) is 42.6 Å². The minimum absolute atomic E-state index is 0.0815. The molecule has 0 fully saturated rings. The van der Waals surface area contributed by atoms with Crippen LogP contribution < -0.4 is 16.6 Å². The maximum Gasteiger partial charge on any atom is 0.251 e. The summed E-state index contributed by atoms with van der Waals surface area (Å²) >= 11 is 0. The highest BCUT2D eigenvalue weighted by Gasteiger charge is 2.08. The van der Waals surface area contributed by atoms with E-state index in [9.17, 15) is 4.79 Å². The lowest BCUT2D eigenvalue weighted by atomic mass is 10.1. The van der Waals surface area contributed by atoms with Gasteiger partial charge in [-0.1, -0.05) is 6.07 Å². The Labute approximate surface area is 118 Å². The summed E-state index contributed by atoms with van der Waals surface area (Å²) in [5.74, 6) is 5.25. The first kappa shape index (κ1) is 14.0. The second kappa shape index (κ2) is 6.68. The fourth-order valence-corrected chi connectivity index (χ4v) is 1.95. The molecule has 2 rings (SSSR count). The van der Waals surface area contributed by atoms with Gasteiger partial charge in [0.1, 0.15) is 0 Å². The summed E-state index contributed by atoms with van der Waals surface area (Å²) in [7, 11) is 0. The average molecular weight is 270 g/mol. The number of hydrogen-bond donors (Lipinski definition) is 3. The number of carbonyl (C=O) groups excluding carboxylic acids is 1. The minimum atomic E-state index is -0.0815. The van der Waals surface area contributed by atoms with Gasteiger partial charge in [-0.3, -0.25) is 15.6 Å². The van der Waals surface area contributed by atoms with Gasteiger partial charge < -0.3 is 10.7 Å². The molecule has 1 aromatic heterocycles. The molecule has 0 aliphatic carbocycles. The number of anilines is 1. The quantitative estimate of drug-likeness (QED) is 0.570. The number of nitrogens with two attached hydrogens (primary N) is 1. The molecule has 0 spiro atoms. The Hall–Kier alpha value is -2.40. The molecule has 0 unspecified atom stereocenters. The number of amides is 1. The molecule has 5 heteroatoms. The number of pyridine rings is 1. The summed E-state index contributed by atoms with van der Waals surface area (Å²) < 4.78 is 0. The Kier molecular flexibility index (Phi) is 4.68. The Bertz CT molecular complexity index is 584. The van der Waals surface area contributed by atoms with E-state index in [0.29, 0.717) is 18.5 Å². The van der Waals surface area contributed by atoms with Gasteiger partial charge in [-0.25, -0.2) is 0 Å². The fourth-order valence-electron chi connectivity index (χ4n) is 1.95. The van der Waals surface area contributed by atoms with Crippen molar-refractivity contribution < 1.29 is 4.79 Å². The second-order valence-corrected chi connectivity index (χ2v) is 4.50. The maximum absolute atomic E-state index is 12.1. The Morgan fingerprint density at radius 3 is 2.80 bits per heavy atom. The summed E-state index contributed by atoms with van der Waals surface area (Å²) in [6.45, 7) is 2.45. The van der Waals surface area contributed by atoms with E-state index in [0.717, 1.165) is 16.9 Å². The van der Waals surface area contributed by atoms with E-state index in [4.69, 9.17) is 5.84 Å². The zero-order valence-electron chi connectivity index (χ0n) is 11.4. The predicted octanol–water partition coefficient (Wildman–Crippen LogP) is 1.65. The topological polar surface area (TPSA) is 80.0 Å². The van der Waals surface area contributed by atoms with Gasteiger partial charge in [0.2, 0.25) is 0 Å². The molecule has 20 heavy (non-hydrogen) atoms. The number of nitrogen functional groups attached to an aromatic ring is 1. The Balaban J connectivity index is 1.92. The van der Waals surface area contributed by atoms with E-state index < -0.39 is 0 Å². The van der Waals surface area contributed by atoms with E-state index in [2.05, 4.69) is 15.7 Å². The van der Waals surface area contributed by atoms with Crippen molar-refractivity contribution in [2.45, 2.75) is 13.3 Å². The zero-order valence-corrected chi connectivity index (χ0v) is 11.4. The van der Waals surface area contributed by atoms with Crippen LogP contribution in [0.5, 0.6) is 0 Å². The molecule has 104 valence electrons. The summed E-state index contributed by atoms with van der Waals surface area (Å²) in [6.07, 6.45) is 2.47. The number of hydrazine groups is 1. The predicted molar refractivity (Wildman–Crippen MR) is 79.3 cm³/mol. The molecule has 0 saturated heterocycles. The van der Waals surface area contributed by atoms with Crippen LogP contribution >= 0.6 is 0 Å². The van der Waals surface area contributed by atoms with Crippen LogP contribution in [0.3, 0.4) is 0 Å². The van der Waals surface area contributed by atoms with E-state index in [1.165, 1.54) is 0 Å². The van der Waals surface area contributed by atoms with Crippen molar-refractivity contribution in [3.05, 3.63) is 59.4 Å². The molecule has 0 aliphatic heterocycles. The third-order valence-electron chi connectivity index (χ3n) is 3.03. The first-order valence-electron chi connectivity index (χ1n) is 6.46. The van der Waals surface area contributed by atoms with Gasteiger partial charge in [-0.2, -0.15) is 0 Å². The summed E-state index contributed by atoms with van der Waals surface area (Å²) in [5, 5.41) is 2.90. The van der Waals surface area contributed by atoms with Crippen molar-refractivity contribution in [2.75, 3.05) is 12.0 Å². The van der Waals surface area contributed by atoms with Crippen LogP contribution in [0.1, 0.15) is 21.6 Å². The molecule has 0 bridgehead atoms. The average Bonchev–Trinajstić information content (AvgIpc) is 2.48. The van der Waals surface area contributed by atoms with Crippen LogP contribution in [0.2, 0.25) is 0 Å². The molecule has 0 atom stereocenters. The number of rotatable bonds is 5. The smallest absolute Gasteiger partial charge is 0.251 e. The molecule has 0 aliphatic rings. The number of nitrogens with zero attached hydrogens (tertiary/aromatic N) is 1. The number of aromatic nitrogens is 1. The van der Waals surface area contributed by atoms with Gasteiger partial charge in [0, 0.05) is 36.1 Å². The van der Waals surface area contributed by atoms with Crippen molar-refractivity contribution in [3.8, 4) is 0 Å². The number of benzene rings is 1. The van der Waals surface area contributed by atoms with E-state index in [1.54, 1.807) is 18.3 Å². The third-order valence-corrected chi connectivity index (χ3v) is 3.03. The molecule has 0 saturated carbocycles. The van der Waals surface area contributed by atoms with Gasteiger partial charge in [0.05, 0.1) is 0 Å². The highest BCUT2D eigenvalue weighted by molar-refractivity contribution is 5.96. The van der Waals surface area contributed by atoms with Gasteiger partial charge in [0.25, 0.3) is 5.91 Å². The van der Waals surface area contributed by atoms with Crippen molar-refractivity contribution in [1.82, 2.24) is 10.3 Å². The molecule has 1 aromatic carbocycles. The number of carbonyl (C=O) groups is 1. The van der Waals surface area contributed by atoms with Crippen molar-refractivity contribution >= 4 is 11.6 Å². The van der Waals surface area contributed by atoms with Crippen molar-refractivity contribution in [3.63, 3.8) is 0 Å². The van der Waals surface area contributed by atoms with Crippen LogP contribution in [-0.2, 0) is 6.42 Å². The van der Waals surface area contributed by atoms with Crippen LogP contribution in [0, 0.1) is 6.92 Å². The van der Waals surface area contributed by atoms with E-state index in [1.807, 2.05) is 31.2 Å². The molecule has 1 amide bonds. The lowest BCUT2D eigenvalue weighted by molar-refractivity contribution is 0.0953. The fraction of sp³-hybridized carbons (Fsp3) is 0.200. The van der Waals surface area contributed by atoms with Gasteiger partial charge in [-0.15, -0.1) is 0 Å². The maximum atomic E-state index is 12.1. The van der Waals surface area contributed by atoms with E-state index >= 15 is 0 Å². The number of nitrogens with one attached hydrogen (secondary N) is 2. The van der Waals surface area contributed by atoms with Gasteiger partial charge in [-0.05, 0) is 42.8 Å². The van der Waals surface area contributed by atoms with Gasteiger partial charge in [0.15, 0.2) is 0 Å². The summed E-state index contributed by atoms with van der Waals surface area (Å²) in [6, 6.07) is 11.1. The molecule has 0 radical (unpaired) electrons. The highest BCUT2D eigenvalue weighted by Crippen LogP contribution is 2.14. The summed E-state index contributed by atoms with van der Waals surface area (Å²) in [4.78, 5) is 16.3. The highest BCUT2D eigenvalue weighted by atomic mass is 16.1. The monoisotopic (exact) mass is 270 g/mol. The number of hydrogen-bond acceptors (Lipinski definition) is 4. The molecular formula is C15H18N4O. The first-order chi connectivity index (χ1) is 9.70. The zero-order chi connectivity index (χ0) is 14.4. The molecule has 2 aromatic rings. The largest absolute Gasteiger partial charge is 0.352 e. The molecule has 5 nitrogen and oxygen atoms in total. The SMILES string of the molecule is Cc1cc(NN)ccc1C(=O)NCCc1ccccn1. The molecule has 4 N–H and O–H groups in total. The molecular weight excluding hydrogens is 252 g/mol. The molecule has 1 heterocycles. The minimum Gasteiger partial charge on any atom is -0.352 e. The Morgan fingerprint density at radius 1 is 1.30 bits per heavy atom. The van der Waals surface area contributed by atoms with Crippen molar-refractivity contribution in [2.24, 2.45) is 5.84 Å². The second-order valence-electron chi connectivity index (χ2n) is 4.50. The third kappa shape index (κ3) is 3.55. The summed E-state index contributed by atoms with van der Waals surface area (Å²) in [5.41, 5.74) is 5.85. The van der Waals surface area contributed by atoms with Gasteiger partial charge >= 0.3 is 0 Å². The standard InChI is InChI=1S/C15H18N4O/c1-11-10-13(19-16)5-6-14(11)15(20)18-9-7-12-4-2-3-8-17-12/h2-6,8,10,19H,7,9,16H2,1H3,(H,18,20). The Morgan fingerprint density at radius 2 is 2.15 bits per heavy atom. The van der Waals surface area contributed by atoms with Crippen LogP contribution in [-0.4, -0.2) is 17.4 Å². The normalized spacial score (nSPS) is 10.1. The lowest BCUT2D eigenvalue weighted by Crippen LogP contribution is -2.26. The first-order valence-corrected chi connectivity index (χ1v) is 6.46. The van der Waals surface area contributed by atoms with E-state index in [-0.39, 0.29) is 5.91 Å². The van der Waals surface area contributed by atoms with Crippen LogP contribution in [0.25, 0.3) is 0 Å². The lowest BCUT2D eigenvalue weighted by Gasteiger charge is -2.09. The number of aryl methyl sites for hydroxylation is 1. The van der Waals surface area contributed by atoms with Crippen molar-refractivity contribution in [1.29, 1.82) is 0 Å².